The fraction of sp³-hybridized carbons (Fsp3) is 0.727. The number of rotatable bonds is 5. The molecule has 1 heterocycles. The van der Waals surface area contributed by atoms with E-state index in [2.05, 4.69) is 10.1 Å². The van der Waals surface area contributed by atoms with Crippen LogP contribution in [0.15, 0.2) is 12.7 Å². The zero-order valence-electron chi connectivity index (χ0n) is 10.4. The first-order chi connectivity index (χ1) is 7.74. The molecule has 0 aromatic carbocycles. The highest BCUT2D eigenvalue weighted by atomic mass is 16.4. The first-order valence-corrected chi connectivity index (χ1v) is 5.51. The van der Waals surface area contributed by atoms with Crippen molar-refractivity contribution in [2.24, 2.45) is 5.41 Å². The third-order valence-corrected chi connectivity index (χ3v) is 3.04. The van der Waals surface area contributed by atoms with Gasteiger partial charge in [0.05, 0.1) is 12.1 Å². The lowest BCUT2D eigenvalue weighted by Crippen LogP contribution is -2.47. The van der Waals surface area contributed by atoms with Crippen LogP contribution in [-0.4, -0.2) is 36.5 Å². The fourth-order valence-corrected chi connectivity index (χ4v) is 1.59. The smallest absolute Gasteiger partial charge is 0.303 e. The van der Waals surface area contributed by atoms with Gasteiger partial charge in [0.2, 0.25) is 0 Å². The second-order valence-corrected chi connectivity index (χ2v) is 5.27. The quantitative estimate of drug-likeness (QED) is 0.800. The molecule has 1 unspecified atom stereocenters. The summed E-state index contributed by atoms with van der Waals surface area (Å²) in [6.45, 7) is 5.88. The highest BCUT2D eigenvalue weighted by molar-refractivity contribution is 5.66. The molecule has 0 bridgehead atoms. The number of hydrogen-bond acceptors (Lipinski definition) is 4. The van der Waals surface area contributed by atoms with Crippen LogP contribution in [0.2, 0.25) is 0 Å². The van der Waals surface area contributed by atoms with Crippen LogP contribution in [0.5, 0.6) is 0 Å². The van der Waals surface area contributed by atoms with E-state index in [1.165, 1.54) is 17.3 Å². The van der Waals surface area contributed by atoms with Crippen LogP contribution >= 0.6 is 0 Å². The number of carbonyl (C=O) groups is 1. The van der Waals surface area contributed by atoms with Gasteiger partial charge >= 0.3 is 5.97 Å². The van der Waals surface area contributed by atoms with E-state index < -0.39 is 17.0 Å². The van der Waals surface area contributed by atoms with E-state index in [4.69, 9.17) is 5.11 Å². The predicted molar refractivity (Wildman–Crippen MR) is 61.3 cm³/mol. The molecule has 1 atom stereocenters. The average Bonchev–Trinajstić information content (AvgIpc) is 2.65. The second-order valence-electron chi connectivity index (χ2n) is 5.27. The number of hydrogen-bond donors (Lipinski definition) is 2. The van der Waals surface area contributed by atoms with Crippen molar-refractivity contribution in [3.8, 4) is 0 Å². The van der Waals surface area contributed by atoms with E-state index >= 15 is 0 Å². The van der Waals surface area contributed by atoms with Gasteiger partial charge in [-0.3, -0.25) is 9.48 Å². The van der Waals surface area contributed by atoms with Gasteiger partial charge in [0.25, 0.3) is 0 Å². The Bertz CT molecular complexity index is 370. The van der Waals surface area contributed by atoms with E-state index in [0.717, 1.165) is 0 Å². The lowest BCUT2D eigenvalue weighted by Gasteiger charge is -2.40. The Balaban J connectivity index is 2.82. The van der Waals surface area contributed by atoms with E-state index in [9.17, 15) is 9.90 Å². The SMILES string of the molecule is CC(C)(C)C(O)(CCC(=O)O)Cn1cncn1. The van der Waals surface area contributed by atoms with Gasteiger partial charge in [0.1, 0.15) is 12.7 Å². The van der Waals surface area contributed by atoms with Crippen molar-refractivity contribution in [2.45, 2.75) is 45.8 Å². The molecule has 6 nitrogen and oxygen atoms in total. The zero-order valence-corrected chi connectivity index (χ0v) is 10.4. The molecular formula is C11H19N3O3. The fourth-order valence-electron chi connectivity index (χ4n) is 1.59. The van der Waals surface area contributed by atoms with Crippen LogP contribution in [0.1, 0.15) is 33.6 Å². The second kappa shape index (κ2) is 4.83. The van der Waals surface area contributed by atoms with E-state index in [-0.39, 0.29) is 19.4 Å². The normalized spacial score (nSPS) is 15.5. The third kappa shape index (κ3) is 3.52. The Kier molecular flexibility index (Phi) is 3.87. The Morgan fingerprint density at radius 1 is 1.41 bits per heavy atom. The number of aliphatic hydroxyl groups is 1. The highest BCUT2D eigenvalue weighted by Crippen LogP contribution is 2.35. The molecule has 0 aliphatic heterocycles. The van der Waals surface area contributed by atoms with Crippen LogP contribution in [0.25, 0.3) is 0 Å². The maximum atomic E-state index is 10.6. The number of aliphatic carboxylic acids is 1. The van der Waals surface area contributed by atoms with Gasteiger partial charge in [-0.25, -0.2) is 4.98 Å². The van der Waals surface area contributed by atoms with Gasteiger partial charge < -0.3 is 10.2 Å². The third-order valence-electron chi connectivity index (χ3n) is 3.04. The Hall–Kier alpha value is -1.43. The molecule has 0 radical (unpaired) electrons. The molecule has 17 heavy (non-hydrogen) atoms. The van der Waals surface area contributed by atoms with Gasteiger partial charge in [-0.1, -0.05) is 20.8 Å². The van der Waals surface area contributed by atoms with E-state index in [1.807, 2.05) is 20.8 Å². The minimum atomic E-state index is -1.13. The van der Waals surface area contributed by atoms with Gasteiger partial charge in [-0.2, -0.15) is 5.10 Å². The van der Waals surface area contributed by atoms with E-state index in [1.54, 1.807) is 0 Å². The molecule has 6 heteroatoms. The maximum absolute atomic E-state index is 10.6. The molecule has 0 spiro atoms. The molecule has 0 aliphatic carbocycles. The number of carboxylic acids is 1. The molecule has 1 aromatic rings. The Morgan fingerprint density at radius 2 is 2.06 bits per heavy atom. The summed E-state index contributed by atoms with van der Waals surface area (Å²) >= 11 is 0. The lowest BCUT2D eigenvalue weighted by atomic mass is 9.73. The van der Waals surface area contributed by atoms with Crippen LogP contribution in [-0.2, 0) is 11.3 Å². The summed E-state index contributed by atoms with van der Waals surface area (Å²) < 4.78 is 1.52. The molecule has 0 aliphatic rings. The van der Waals surface area contributed by atoms with Crippen molar-refractivity contribution in [1.82, 2.24) is 14.8 Å². The zero-order chi connectivity index (χ0) is 13.1. The van der Waals surface area contributed by atoms with Gasteiger partial charge in [-0.05, 0) is 11.8 Å². The lowest BCUT2D eigenvalue weighted by molar-refractivity contribution is -0.141. The van der Waals surface area contributed by atoms with Crippen molar-refractivity contribution >= 4 is 5.97 Å². The van der Waals surface area contributed by atoms with Gasteiger partial charge in [0.15, 0.2) is 0 Å². The predicted octanol–water partition coefficient (Wildman–Crippen LogP) is 0.920. The molecule has 0 fully saturated rings. The van der Waals surface area contributed by atoms with E-state index in [0.29, 0.717) is 0 Å². The largest absolute Gasteiger partial charge is 0.481 e. The minimum Gasteiger partial charge on any atom is -0.481 e. The highest BCUT2D eigenvalue weighted by Gasteiger charge is 2.40. The molecular weight excluding hydrogens is 222 g/mol. The van der Waals surface area contributed by atoms with Crippen LogP contribution < -0.4 is 0 Å². The van der Waals surface area contributed by atoms with Crippen molar-refractivity contribution in [3.63, 3.8) is 0 Å². The maximum Gasteiger partial charge on any atom is 0.303 e. The topological polar surface area (TPSA) is 88.2 Å². The summed E-state index contributed by atoms with van der Waals surface area (Å²) in [5, 5.41) is 23.3. The van der Waals surface area contributed by atoms with Crippen molar-refractivity contribution in [3.05, 3.63) is 12.7 Å². The Labute approximate surface area is 100 Å². The van der Waals surface area contributed by atoms with Gasteiger partial charge in [0, 0.05) is 6.42 Å². The molecule has 1 rings (SSSR count). The first-order valence-electron chi connectivity index (χ1n) is 5.51. The van der Waals surface area contributed by atoms with Crippen molar-refractivity contribution in [1.29, 1.82) is 0 Å². The summed E-state index contributed by atoms with van der Waals surface area (Å²) in [4.78, 5) is 14.4. The summed E-state index contributed by atoms with van der Waals surface area (Å²) in [6, 6.07) is 0. The van der Waals surface area contributed by atoms with Gasteiger partial charge in [-0.15, -0.1) is 0 Å². The monoisotopic (exact) mass is 241 g/mol. The molecule has 2 N–H and O–H groups in total. The molecule has 0 saturated carbocycles. The standard InChI is InChI=1S/C11H19N3O3/c1-10(2,3)11(17,5-4-9(15)16)6-14-8-12-7-13-14/h7-8,17H,4-6H2,1-3H3,(H,15,16). The first kappa shape index (κ1) is 13.6. The summed E-state index contributed by atoms with van der Waals surface area (Å²) in [7, 11) is 0. The van der Waals surface area contributed by atoms with Crippen molar-refractivity contribution < 1.29 is 15.0 Å². The van der Waals surface area contributed by atoms with Crippen LogP contribution in [0.4, 0.5) is 0 Å². The van der Waals surface area contributed by atoms with Crippen LogP contribution in [0, 0.1) is 5.41 Å². The molecule has 0 saturated heterocycles. The average molecular weight is 241 g/mol. The Morgan fingerprint density at radius 3 is 2.47 bits per heavy atom. The molecule has 0 amide bonds. The number of aromatic nitrogens is 3. The number of carboxylic acid groups (broad SMARTS) is 1. The summed E-state index contributed by atoms with van der Waals surface area (Å²) in [6.07, 6.45) is 3.02. The number of nitrogens with zero attached hydrogens (tertiary/aromatic N) is 3. The minimum absolute atomic E-state index is 0.0670. The molecule has 96 valence electrons. The molecule has 1 aromatic heterocycles. The van der Waals surface area contributed by atoms with Crippen molar-refractivity contribution in [2.75, 3.05) is 0 Å². The summed E-state index contributed by atoms with van der Waals surface area (Å²) in [5.74, 6) is -0.911. The summed E-state index contributed by atoms with van der Waals surface area (Å²) in [5.41, 5.74) is -1.56. The van der Waals surface area contributed by atoms with Crippen LogP contribution in [0.3, 0.4) is 0 Å².